The summed E-state index contributed by atoms with van der Waals surface area (Å²) in [6.45, 7) is 4.30. The van der Waals surface area contributed by atoms with E-state index in [0.29, 0.717) is 5.69 Å². The second kappa shape index (κ2) is 8.70. The van der Waals surface area contributed by atoms with Crippen LogP contribution < -0.4 is 10.2 Å². The summed E-state index contributed by atoms with van der Waals surface area (Å²) in [7, 11) is -4.08. The van der Waals surface area contributed by atoms with Crippen molar-refractivity contribution < 1.29 is 18.0 Å². The van der Waals surface area contributed by atoms with E-state index in [9.17, 15) is 18.0 Å². The molecule has 31 heavy (non-hydrogen) atoms. The summed E-state index contributed by atoms with van der Waals surface area (Å²) in [4.78, 5) is 27.6. The summed E-state index contributed by atoms with van der Waals surface area (Å²) in [5, 5.41) is 2.78. The fraction of sp³-hybridized carbons (Fsp3) is 0.391. The first-order valence-electron chi connectivity index (χ1n) is 10.6. The Bertz CT molecular complexity index is 1050. The smallest absolute Gasteiger partial charge is 0.267 e. The van der Waals surface area contributed by atoms with Crippen LogP contribution in [0.5, 0.6) is 0 Å². The molecule has 2 heterocycles. The predicted molar refractivity (Wildman–Crippen MR) is 119 cm³/mol. The minimum absolute atomic E-state index is 0.00301. The highest BCUT2D eigenvalue weighted by molar-refractivity contribution is 7.89. The van der Waals surface area contributed by atoms with E-state index >= 15 is 0 Å². The molecule has 4 rings (SSSR count). The van der Waals surface area contributed by atoms with Crippen LogP contribution in [0, 0.1) is 5.92 Å². The highest BCUT2D eigenvalue weighted by atomic mass is 32.2. The number of nitrogens with zero attached hydrogens (tertiary/aromatic N) is 2. The number of piperidine rings is 1. The molecule has 0 bridgehead atoms. The topological polar surface area (TPSA) is 86.8 Å². The van der Waals surface area contributed by atoms with Gasteiger partial charge in [0.05, 0.1) is 4.90 Å². The van der Waals surface area contributed by atoms with Crippen molar-refractivity contribution in [3.63, 3.8) is 0 Å². The van der Waals surface area contributed by atoms with E-state index in [0.717, 1.165) is 29.0 Å². The Morgan fingerprint density at radius 1 is 0.968 bits per heavy atom. The number of hydrogen-bond donors (Lipinski definition) is 1. The lowest BCUT2D eigenvalue weighted by Gasteiger charge is -2.32. The molecule has 0 radical (unpaired) electrons. The molecule has 0 spiro atoms. The van der Waals surface area contributed by atoms with Crippen LogP contribution in [0.1, 0.15) is 32.6 Å². The van der Waals surface area contributed by atoms with E-state index < -0.39 is 27.9 Å². The molecule has 2 fully saturated rings. The molecule has 2 aromatic rings. The number of benzene rings is 2. The third-order valence-electron chi connectivity index (χ3n) is 6.05. The van der Waals surface area contributed by atoms with Crippen molar-refractivity contribution in [3.8, 4) is 0 Å². The molecule has 1 atom stereocenters. The van der Waals surface area contributed by atoms with Gasteiger partial charge in [0.25, 0.3) is 10.0 Å². The second-order valence-electron chi connectivity index (χ2n) is 8.27. The van der Waals surface area contributed by atoms with Crippen molar-refractivity contribution >= 4 is 33.2 Å². The van der Waals surface area contributed by atoms with Crippen molar-refractivity contribution in [1.82, 2.24) is 4.31 Å². The summed E-state index contributed by atoms with van der Waals surface area (Å²) >= 11 is 0. The van der Waals surface area contributed by atoms with Gasteiger partial charge in [0.1, 0.15) is 6.04 Å². The Labute approximate surface area is 183 Å². The number of anilines is 2. The molecule has 2 aromatic carbocycles. The van der Waals surface area contributed by atoms with Gasteiger partial charge >= 0.3 is 0 Å². The fourth-order valence-electron chi connectivity index (χ4n) is 4.15. The Kier molecular flexibility index (Phi) is 6.00. The van der Waals surface area contributed by atoms with Crippen LogP contribution in [-0.4, -0.2) is 43.7 Å². The van der Waals surface area contributed by atoms with Crippen molar-refractivity contribution in [1.29, 1.82) is 0 Å². The zero-order valence-corrected chi connectivity index (χ0v) is 18.3. The number of rotatable bonds is 5. The number of nitrogens with one attached hydrogen (secondary N) is 1. The van der Waals surface area contributed by atoms with Crippen LogP contribution in [-0.2, 0) is 19.6 Å². The number of carbonyl (C=O) groups is 2. The molecular weight excluding hydrogens is 414 g/mol. The summed E-state index contributed by atoms with van der Waals surface area (Å²) in [6.07, 6.45) is 2.52. The molecule has 2 amide bonds. The van der Waals surface area contributed by atoms with Crippen LogP contribution in [0.3, 0.4) is 0 Å². The molecule has 1 unspecified atom stereocenters. The maximum Gasteiger partial charge on any atom is 0.267 e. The van der Waals surface area contributed by atoms with Crippen LogP contribution in [0.25, 0.3) is 0 Å². The monoisotopic (exact) mass is 441 g/mol. The lowest BCUT2D eigenvalue weighted by atomic mass is 9.99. The Morgan fingerprint density at radius 2 is 1.61 bits per heavy atom. The average Bonchev–Trinajstić information content (AvgIpc) is 3.18. The van der Waals surface area contributed by atoms with Gasteiger partial charge in [0, 0.05) is 30.9 Å². The van der Waals surface area contributed by atoms with Gasteiger partial charge in [0.15, 0.2) is 0 Å². The van der Waals surface area contributed by atoms with Crippen LogP contribution in [0.15, 0.2) is 59.5 Å². The van der Waals surface area contributed by atoms with E-state index in [1.165, 1.54) is 25.0 Å². The van der Waals surface area contributed by atoms with Crippen molar-refractivity contribution in [2.75, 3.05) is 23.3 Å². The molecule has 2 saturated heterocycles. The molecule has 0 aromatic heterocycles. The van der Waals surface area contributed by atoms with Gasteiger partial charge in [-0.05, 0) is 61.6 Å². The molecule has 8 heteroatoms. The van der Waals surface area contributed by atoms with Gasteiger partial charge in [-0.15, -0.1) is 0 Å². The molecule has 2 aliphatic heterocycles. The van der Waals surface area contributed by atoms with Crippen molar-refractivity contribution in [3.05, 3.63) is 54.6 Å². The molecule has 1 N–H and O–H groups in total. The molecule has 0 aliphatic carbocycles. The van der Waals surface area contributed by atoms with Crippen molar-refractivity contribution in [2.45, 2.75) is 43.5 Å². The summed E-state index contributed by atoms with van der Waals surface area (Å²) in [5.74, 6) is -0.303. The number of carbonyl (C=O) groups excluding carboxylic acids is 2. The quantitative estimate of drug-likeness (QED) is 0.770. The molecular formula is C23H27N3O4S. The van der Waals surface area contributed by atoms with Gasteiger partial charge in [-0.1, -0.05) is 25.1 Å². The number of amides is 2. The normalized spacial score (nSPS) is 20.2. The van der Waals surface area contributed by atoms with Crippen molar-refractivity contribution in [2.24, 2.45) is 5.92 Å². The third-order valence-corrected chi connectivity index (χ3v) is 7.89. The second-order valence-corrected chi connectivity index (χ2v) is 10.1. The number of hydrogen-bond acceptors (Lipinski definition) is 5. The average molecular weight is 442 g/mol. The first-order valence-corrected chi connectivity index (χ1v) is 12.1. The summed E-state index contributed by atoms with van der Waals surface area (Å²) < 4.78 is 26.7. The highest BCUT2D eigenvalue weighted by Crippen LogP contribution is 2.29. The zero-order chi connectivity index (χ0) is 22.0. The maximum absolute atomic E-state index is 13.0. The summed E-state index contributed by atoms with van der Waals surface area (Å²) in [6, 6.07) is 14.2. The Morgan fingerprint density at radius 3 is 2.26 bits per heavy atom. The van der Waals surface area contributed by atoms with Crippen LogP contribution in [0.2, 0.25) is 0 Å². The van der Waals surface area contributed by atoms with Gasteiger partial charge in [0.2, 0.25) is 11.8 Å². The minimum Gasteiger partial charge on any atom is -0.372 e. The predicted octanol–water partition coefficient (Wildman–Crippen LogP) is 3.24. The molecule has 7 nitrogen and oxygen atoms in total. The van der Waals surface area contributed by atoms with Gasteiger partial charge in [-0.2, -0.15) is 0 Å². The van der Waals surface area contributed by atoms with Gasteiger partial charge in [-0.25, -0.2) is 12.7 Å². The van der Waals surface area contributed by atoms with Crippen LogP contribution >= 0.6 is 0 Å². The van der Waals surface area contributed by atoms with Gasteiger partial charge in [-0.3, -0.25) is 9.59 Å². The highest BCUT2D eigenvalue weighted by Gasteiger charge is 2.44. The largest absolute Gasteiger partial charge is 0.372 e. The SMILES string of the molecule is CC1CCN(c2ccc(NC(=O)C3CCC(=O)N3S(=O)(=O)c3ccccc3)cc2)CC1. The van der Waals surface area contributed by atoms with E-state index in [-0.39, 0.29) is 17.7 Å². The van der Waals surface area contributed by atoms with E-state index in [4.69, 9.17) is 0 Å². The zero-order valence-electron chi connectivity index (χ0n) is 17.5. The lowest BCUT2D eigenvalue weighted by molar-refractivity contribution is -0.128. The van der Waals surface area contributed by atoms with Gasteiger partial charge < -0.3 is 10.2 Å². The number of sulfonamides is 1. The Hall–Kier alpha value is -2.87. The first kappa shape index (κ1) is 21.4. The Balaban J connectivity index is 1.47. The molecule has 2 aliphatic rings. The molecule has 0 saturated carbocycles. The summed E-state index contributed by atoms with van der Waals surface area (Å²) in [5.41, 5.74) is 1.68. The van der Waals surface area contributed by atoms with Crippen LogP contribution in [0.4, 0.5) is 11.4 Å². The fourth-order valence-corrected chi connectivity index (χ4v) is 5.78. The van der Waals surface area contributed by atoms with E-state index in [1.54, 1.807) is 18.2 Å². The van der Waals surface area contributed by atoms with E-state index in [1.807, 2.05) is 24.3 Å². The lowest BCUT2D eigenvalue weighted by Crippen LogP contribution is -2.45. The molecule has 164 valence electrons. The van der Waals surface area contributed by atoms with E-state index in [2.05, 4.69) is 17.1 Å². The standard InChI is InChI=1S/C23H27N3O4S/c1-17-13-15-25(16-14-17)19-9-7-18(8-10-19)24-23(28)21-11-12-22(27)26(21)31(29,30)20-5-3-2-4-6-20/h2-10,17,21H,11-16H2,1H3,(H,24,28). The maximum atomic E-state index is 13.0. The first-order chi connectivity index (χ1) is 14.9. The third kappa shape index (κ3) is 4.44. The minimum atomic E-state index is -4.08.